The van der Waals surface area contributed by atoms with Crippen LogP contribution in [0.5, 0.6) is 5.75 Å². The third kappa shape index (κ3) is 3.90. The van der Waals surface area contributed by atoms with E-state index in [4.69, 9.17) is 4.74 Å². The van der Waals surface area contributed by atoms with Gasteiger partial charge >= 0.3 is 0 Å². The molecule has 6 heteroatoms. The molecule has 0 bridgehead atoms. The van der Waals surface area contributed by atoms with Gasteiger partial charge in [-0.05, 0) is 25.0 Å². The number of aliphatic hydroxyl groups is 1. The Bertz CT molecular complexity index is 473. The maximum absolute atomic E-state index is 13.3. The summed E-state index contributed by atoms with van der Waals surface area (Å²) >= 11 is 0. The van der Waals surface area contributed by atoms with Gasteiger partial charge in [-0.25, -0.2) is 8.78 Å². The highest BCUT2D eigenvalue weighted by Crippen LogP contribution is 2.18. The van der Waals surface area contributed by atoms with Crippen molar-refractivity contribution in [3.8, 4) is 5.75 Å². The Hall–Kier alpha value is -1.69. The molecule has 0 spiro atoms. The van der Waals surface area contributed by atoms with E-state index in [9.17, 15) is 18.7 Å². The van der Waals surface area contributed by atoms with E-state index in [0.717, 1.165) is 12.1 Å². The molecular formula is C14H17F2NO3. The number of hydrogen-bond donors (Lipinski definition) is 1. The number of ether oxygens (including phenoxy) is 1. The molecule has 0 aromatic heterocycles. The third-order valence-corrected chi connectivity index (χ3v) is 3.28. The zero-order valence-corrected chi connectivity index (χ0v) is 11.0. The zero-order valence-electron chi connectivity index (χ0n) is 11.0. The lowest BCUT2D eigenvalue weighted by Crippen LogP contribution is -2.40. The summed E-state index contributed by atoms with van der Waals surface area (Å²) in [5.74, 6) is -1.59. The van der Waals surface area contributed by atoms with Crippen molar-refractivity contribution in [3.05, 3.63) is 29.8 Å². The second kappa shape index (κ2) is 6.65. The van der Waals surface area contributed by atoms with Gasteiger partial charge < -0.3 is 14.7 Å². The first-order valence-electron chi connectivity index (χ1n) is 6.60. The fourth-order valence-electron chi connectivity index (χ4n) is 2.11. The van der Waals surface area contributed by atoms with Crippen molar-refractivity contribution in [3.63, 3.8) is 0 Å². The Labute approximate surface area is 116 Å². The van der Waals surface area contributed by atoms with Crippen LogP contribution < -0.4 is 4.74 Å². The number of amides is 1. The molecule has 1 amide bonds. The Kier molecular flexibility index (Phi) is 4.89. The van der Waals surface area contributed by atoms with E-state index in [1.807, 2.05) is 0 Å². The average Bonchev–Trinajstić information content (AvgIpc) is 2.42. The molecule has 0 saturated carbocycles. The van der Waals surface area contributed by atoms with Crippen molar-refractivity contribution in [2.45, 2.75) is 25.4 Å². The lowest BCUT2D eigenvalue weighted by atomic mass is 10.1. The molecule has 1 saturated heterocycles. The van der Waals surface area contributed by atoms with Crippen molar-refractivity contribution in [1.82, 2.24) is 4.90 Å². The second-order valence-corrected chi connectivity index (χ2v) is 4.79. The fourth-order valence-corrected chi connectivity index (χ4v) is 2.11. The number of likely N-dealkylation sites (tertiary alicyclic amines) is 1. The number of benzene rings is 1. The van der Waals surface area contributed by atoms with Crippen LogP contribution in [0.15, 0.2) is 18.2 Å². The lowest BCUT2D eigenvalue weighted by Gasteiger charge is -2.29. The first kappa shape index (κ1) is 14.7. The van der Waals surface area contributed by atoms with Gasteiger partial charge in [-0.1, -0.05) is 0 Å². The van der Waals surface area contributed by atoms with Crippen molar-refractivity contribution in [2.24, 2.45) is 0 Å². The van der Waals surface area contributed by atoms with Crippen LogP contribution in [0.3, 0.4) is 0 Å². The van der Waals surface area contributed by atoms with E-state index >= 15 is 0 Å². The molecule has 0 radical (unpaired) electrons. The highest BCUT2D eigenvalue weighted by Gasteiger charge is 2.21. The minimum absolute atomic E-state index is 0.0421. The number of piperidine rings is 1. The molecule has 1 aliphatic rings. The minimum Gasteiger partial charge on any atom is -0.490 e. The normalized spacial score (nSPS) is 16.2. The van der Waals surface area contributed by atoms with Gasteiger partial charge in [0.2, 0.25) is 5.91 Å². The van der Waals surface area contributed by atoms with E-state index in [1.165, 1.54) is 6.07 Å². The maximum Gasteiger partial charge on any atom is 0.226 e. The van der Waals surface area contributed by atoms with Crippen LogP contribution in [-0.2, 0) is 4.79 Å². The number of carbonyl (C=O) groups is 1. The molecule has 2 rings (SSSR count). The average molecular weight is 285 g/mol. The van der Waals surface area contributed by atoms with E-state index < -0.39 is 11.6 Å². The quantitative estimate of drug-likeness (QED) is 0.916. The highest BCUT2D eigenvalue weighted by atomic mass is 19.1. The molecule has 1 aromatic carbocycles. The number of nitrogens with zero attached hydrogens (tertiary/aromatic N) is 1. The summed E-state index contributed by atoms with van der Waals surface area (Å²) in [5, 5.41) is 9.35. The van der Waals surface area contributed by atoms with Crippen molar-refractivity contribution < 1.29 is 23.4 Å². The van der Waals surface area contributed by atoms with Crippen molar-refractivity contribution in [2.75, 3.05) is 19.7 Å². The molecule has 1 fully saturated rings. The van der Waals surface area contributed by atoms with Crippen LogP contribution in [0.25, 0.3) is 0 Å². The standard InChI is InChI=1S/C14H17F2NO3/c15-10-1-2-13(12(16)9-10)20-8-5-14(19)17-6-3-11(18)4-7-17/h1-2,9,11,18H,3-8H2. The van der Waals surface area contributed by atoms with Crippen LogP contribution >= 0.6 is 0 Å². The van der Waals surface area contributed by atoms with Gasteiger partial charge in [0.05, 0.1) is 19.1 Å². The summed E-state index contributed by atoms with van der Waals surface area (Å²) in [5.41, 5.74) is 0. The summed E-state index contributed by atoms with van der Waals surface area (Å²) in [7, 11) is 0. The molecule has 20 heavy (non-hydrogen) atoms. The second-order valence-electron chi connectivity index (χ2n) is 4.79. The Morgan fingerprint density at radius 3 is 2.70 bits per heavy atom. The van der Waals surface area contributed by atoms with Crippen LogP contribution in [0, 0.1) is 11.6 Å². The van der Waals surface area contributed by atoms with Gasteiger partial charge in [-0.3, -0.25) is 4.79 Å². The van der Waals surface area contributed by atoms with Crippen LogP contribution in [0.1, 0.15) is 19.3 Å². The Morgan fingerprint density at radius 2 is 2.05 bits per heavy atom. The van der Waals surface area contributed by atoms with Crippen LogP contribution in [0.4, 0.5) is 8.78 Å². The predicted octanol–water partition coefficient (Wildman–Crippen LogP) is 1.72. The molecule has 1 aromatic rings. The molecule has 1 aliphatic heterocycles. The number of halogens is 2. The first-order valence-corrected chi connectivity index (χ1v) is 6.60. The predicted molar refractivity (Wildman–Crippen MR) is 68.3 cm³/mol. The van der Waals surface area contributed by atoms with Gasteiger partial charge in [0.15, 0.2) is 11.6 Å². The Balaban J connectivity index is 1.76. The number of aliphatic hydroxyl groups excluding tert-OH is 1. The van der Waals surface area contributed by atoms with Crippen molar-refractivity contribution in [1.29, 1.82) is 0 Å². The van der Waals surface area contributed by atoms with Crippen LogP contribution in [-0.4, -0.2) is 41.7 Å². The summed E-state index contributed by atoms with van der Waals surface area (Å²) in [6.45, 7) is 1.11. The number of carbonyl (C=O) groups excluding carboxylic acids is 1. The largest absolute Gasteiger partial charge is 0.490 e. The number of rotatable bonds is 4. The summed E-state index contributed by atoms with van der Waals surface area (Å²) in [6.07, 6.45) is 0.967. The molecule has 110 valence electrons. The van der Waals surface area contributed by atoms with E-state index in [2.05, 4.69) is 0 Å². The Morgan fingerprint density at radius 1 is 1.35 bits per heavy atom. The highest BCUT2D eigenvalue weighted by molar-refractivity contribution is 5.76. The van der Waals surface area contributed by atoms with Gasteiger partial charge in [0.25, 0.3) is 0 Å². The van der Waals surface area contributed by atoms with E-state index in [0.29, 0.717) is 25.9 Å². The minimum atomic E-state index is -0.779. The SMILES string of the molecule is O=C(CCOc1ccc(F)cc1F)N1CCC(O)CC1. The molecule has 0 atom stereocenters. The summed E-state index contributed by atoms with van der Waals surface area (Å²) in [6, 6.07) is 3.04. The third-order valence-electron chi connectivity index (χ3n) is 3.28. The lowest BCUT2D eigenvalue weighted by molar-refractivity contribution is -0.133. The van der Waals surface area contributed by atoms with E-state index in [1.54, 1.807) is 4.90 Å². The summed E-state index contributed by atoms with van der Waals surface area (Å²) < 4.78 is 31.1. The molecule has 1 N–H and O–H groups in total. The topological polar surface area (TPSA) is 49.8 Å². The molecule has 0 unspecified atom stereocenters. The zero-order chi connectivity index (χ0) is 14.5. The fraction of sp³-hybridized carbons (Fsp3) is 0.500. The number of hydrogen-bond acceptors (Lipinski definition) is 3. The molecular weight excluding hydrogens is 268 g/mol. The maximum atomic E-state index is 13.3. The van der Waals surface area contributed by atoms with E-state index in [-0.39, 0.29) is 30.8 Å². The first-order chi connectivity index (χ1) is 9.56. The summed E-state index contributed by atoms with van der Waals surface area (Å²) in [4.78, 5) is 13.5. The molecule has 4 nitrogen and oxygen atoms in total. The van der Waals surface area contributed by atoms with Crippen LogP contribution in [0.2, 0.25) is 0 Å². The van der Waals surface area contributed by atoms with Crippen molar-refractivity contribution >= 4 is 5.91 Å². The van der Waals surface area contributed by atoms with Gasteiger partial charge in [-0.15, -0.1) is 0 Å². The van der Waals surface area contributed by atoms with Gasteiger partial charge in [0.1, 0.15) is 5.82 Å². The van der Waals surface area contributed by atoms with Gasteiger partial charge in [0, 0.05) is 19.2 Å². The smallest absolute Gasteiger partial charge is 0.226 e. The molecule has 0 aliphatic carbocycles. The monoisotopic (exact) mass is 285 g/mol. The molecule has 1 heterocycles. The van der Waals surface area contributed by atoms with Gasteiger partial charge in [-0.2, -0.15) is 0 Å².